The Balaban J connectivity index is 2.46. The van der Waals surface area contributed by atoms with Gasteiger partial charge in [-0.25, -0.2) is 0 Å². The van der Waals surface area contributed by atoms with Crippen LogP contribution in [-0.4, -0.2) is 28.1 Å². The molecule has 6 heteroatoms. The highest BCUT2D eigenvalue weighted by atomic mass is 35.5. The predicted octanol–water partition coefficient (Wildman–Crippen LogP) is 2.77. The largest absolute Gasteiger partial charge is 0.463 e. The molecular formula is C11H19ClN4O. The lowest BCUT2D eigenvalue weighted by Crippen LogP contribution is -2.07. The second kappa shape index (κ2) is 7.27. The summed E-state index contributed by atoms with van der Waals surface area (Å²) in [6.07, 6.45) is 2.11. The van der Waals surface area contributed by atoms with Gasteiger partial charge in [-0.2, -0.15) is 15.0 Å². The molecule has 1 heterocycles. The third kappa shape index (κ3) is 5.68. The Kier molecular flexibility index (Phi) is 5.97. The monoisotopic (exact) mass is 258 g/mol. The SMILES string of the molecule is CCNc1nc(Cl)nc(OCCCC(C)C)n1. The molecule has 0 spiro atoms. The van der Waals surface area contributed by atoms with Crippen molar-refractivity contribution in [1.82, 2.24) is 15.0 Å². The molecule has 0 aliphatic heterocycles. The van der Waals surface area contributed by atoms with Crippen LogP contribution in [0.3, 0.4) is 0 Å². The third-order valence-electron chi connectivity index (χ3n) is 2.08. The van der Waals surface area contributed by atoms with Gasteiger partial charge in [-0.05, 0) is 37.3 Å². The van der Waals surface area contributed by atoms with Crippen LogP contribution in [-0.2, 0) is 0 Å². The average Bonchev–Trinajstić information content (AvgIpc) is 2.24. The second-order valence-corrected chi connectivity index (χ2v) is 4.46. The summed E-state index contributed by atoms with van der Waals surface area (Å²) in [6, 6.07) is 0.282. The van der Waals surface area contributed by atoms with Crippen LogP contribution in [0.15, 0.2) is 0 Å². The minimum absolute atomic E-state index is 0.148. The lowest BCUT2D eigenvalue weighted by atomic mass is 10.1. The van der Waals surface area contributed by atoms with E-state index >= 15 is 0 Å². The Morgan fingerprint density at radius 1 is 1.29 bits per heavy atom. The first-order valence-electron chi connectivity index (χ1n) is 5.90. The fourth-order valence-electron chi connectivity index (χ4n) is 1.29. The van der Waals surface area contributed by atoms with Gasteiger partial charge in [-0.1, -0.05) is 13.8 Å². The van der Waals surface area contributed by atoms with Gasteiger partial charge in [-0.15, -0.1) is 0 Å². The maximum absolute atomic E-state index is 5.77. The topological polar surface area (TPSA) is 59.9 Å². The first-order valence-corrected chi connectivity index (χ1v) is 6.27. The maximum atomic E-state index is 5.77. The molecule has 1 aromatic rings. The van der Waals surface area contributed by atoms with Gasteiger partial charge < -0.3 is 10.1 Å². The van der Waals surface area contributed by atoms with E-state index in [2.05, 4.69) is 34.1 Å². The Morgan fingerprint density at radius 2 is 2.06 bits per heavy atom. The van der Waals surface area contributed by atoms with E-state index in [9.17, 15) is 0 Å². The third-order valence-corrected chi connectivity index (χ3v) is 2.25. The van der Waals surface area contributed by atoms with Crippen molar-refractivity contribution in [3.05, 3.63) is 5.28 Å². The predicted molar refractivity (Wildman–Crippen MR) is 68.6 cm³/mol. The highest BCUT2D eigenvalue weighted by molar-refractivity contribution is 6.28. The zero-order valence-corrected chi connectivity index (χ0v) is 11.3. The lowest BCUT2D eigenvalue weighted by molar-refractivity contribution is 0.275. The van der Waals surface area contributed by atoms with Crippen molar-refractivity contribution in [2.75, 3.05) is 18.5 Å². The summed E-state index contributed by atoms with van der Waals surface area (Å²) >= 11 is 5.77. The maximum Gasteiger partial charge on any atom is 0.322 e. The highest BCUT2D eigenvalue weighted by Crippen LogP contribution is 2.12. The summed E-state index contributed by atoms with van der Waals surface area (Å²) in [7, 11) is 0. The highest BCUT2D eigenvalue weighted by Gasteiger charge is 2.05. The minimum atomic E-state index is 0.148. The molecule has 1 N–H and O–H groups in total. The number of nitrogens with one attached hydrogen (secondary N) is 1. The molecule has 17 heavy (non-hydrogen) atoms. The number of hydrogen-bond donors (Lipinski definition) is 1. The molecule has 0 fully saturated rings. The summed E-state index contributed by atoms with van der Waals surface area (Å²) in [5.41, 5.74) is 0. The molecule has 0 aliphatic rings. The van der Waals surface area contributed by atoms with Crippen molar-refractivity contribution in [2.45, 2.75) is 33.6 Å². The standard InChI is InChI=1S/C11H19ClN4O/c1-4-13-10-14-9(12)15-11(16-10)17-7-5-6-8(2)3/h8H,4-7H2,1-3H3,(H,13,14,15,16). The zero-order valence-electron chi connectivity index (χ0n) is 10.5. The Bertz CT molecular complexity index is 346. The van der Waals surface area contributed by atoms with Crippen LogP contribution in [0.4, 0.5) is 5.95 Å². The number of hydrogen-bond acceptors (Lipinski definition) is 5. The van der Waals surface area contributed by atoms with Gasteiger partial charge in [0.25, 0.3) is 0 Å². The van der Waals surface area contributed by atoms with Crippen molar-refractivity contribution < 1.29 is 4.74 Å². The van der Waals surface area contributed by atoms with E-state index in [0.29, 0.717) is 18.5 Å². The lowest BCUT2D eigenvalue weighted by Gasteiger charge is -2.07. The fraction of sp³-hybridized carbons (Fsp3) is 0.727. The molecule has 0 saturated carbocycles. The summed E-state index contributed by atoms with van der Waals surface area (Å²) in [5, 5.41) is 3.12. The molecule has 0 unspecified atom stereocenters. The summed E-state index contributed by atoms with van der Waals surface area (Å²) in [5.74, 6) is 1.13. The van der Waals surface area contributed by atoms with Crippen molar-refractivity contribution in [3.8, 4) is 6.01 Å². The number of rotatable bonds is 7. The Hall–Kier alpha value is -1.10. The average molecular weight is 259 g/mol. The van der Waals surface area contributed by atoms with Gasteiger partial charge in [0.1, 0.15) is 0 Å². The van der Waals surface area contributed by atoms with E-state index in [1.54, 1.807) is 0 Å². The molecule has 0 radical (unpaired) electrons. The zero-order chi connectivity index (χ0) is 12.7. The first-order chi connectivity index (χ1) is 8.11. The van der Waals surface area contributed by atoms with Crippen molar-refractivity contribution in [2.24, 2.45) is 5.92 Å². The molecule has 0 bridgehead atoms. The Morgan fingerprint density at radius 3 is 2.71 bits per heavy atom. The molecular weight excluding hydrogens is 240 g/mol. The number of aromatic nitrogens is 3. The number of nitrogens with zero attached hydrogens (tertiary/aromatic N) is 3. The number of halogens is 1. The van der Waals surface area contributed by atoms with Gasteiger partial charge in [0, 0.05) is 6.54 Å². The second-order valence-electron chi connectivity index (χ2n) is 4.13. The molecule has 1 rings (SSSR count). The summed E-state index contributed by atoms with van der Waals surface area (Å²) in [6.45, 7) is 7.66. The Labute approximate surface area is 107 Å². The molecule has 0 saturated heterocycles. The van der Waals surface area contributed by atoms with Gasteiger partial charge in [0.15, 0.2) is 0 Å². The van der Waals surface area contributed by atoms with Crippen molar-refractivity contribution in [1.29, 1.82) is 0 Å². The molecule has 0 atom stereocenters. The molecule has 0 aliphatic carbocycles. The van der Waals surface area contributed by atoms with Crippen LogP contribution < -0.4 is 10.1 Å². The molecule has 0 amide bonds. The summed E-state index contributed by atoms with van der Waals surface area (Å²) < 4.78 is 5.44. The summed E-state index contributed by atoms with van der Waals surface area (Å²) in [4.78, 5) is 11.9. The van der Waals surface area contributed by atoms with Crippen LogP contribution >= 0.6 is 11.6 Å². The smallest absolute Gasteiger partial charge is 0.322 e. The quantitative estimate of drug-likeness (QED) is 0.762. The molecule has 0 aromatic carbocycles. The van der Waals surface area contributed by atoms with Crippen LogP contribution in [0.5, 0.6) is 6.01 Å². The van der Waals surface area contributed by atoms with E-state index in [4.69, 9.17) is 16.3 Å². The van der Waals surface area contributed by atoms with Crippen LogP contribution in [0.1, 0.15) is 33.6 Å². The van der Waals surface area contributed by atoms with Crippen LogP contribution in [0.2, 0.25) is 5.28 Å². The van der Waals surface area contributed by atoms with Crippen molar-refractivity contribution in [3.63, 3.8) is 0 Å². The van der Waals surface area contributed by atoms with Gasteiger partial charge in [-0.3, -0.25) is 0 Å². The van der Waals surface area contributed by atoms with Crippen LogP contribution in [0, 0.1) is 5.92 Å². The van der Waals surface area contributed by atoms with E-state index in [1.165, 1.54) is 0 Å². The van der Waals surface area contributed by atoms with Crippen molar-refractivity contribution >= 4 is 17.5 Å². The van der Waals surface area contributed by atoms with E-state index in [0.717, 1.165) is 19.4 Å². The van der Waals surface area contributed by atoms with Crippen LogP contribution in [0.25, 0.3) is 0 Å². The van der Waals surface area contributed by atoms with Gasteiger partial charge in [0.2, 0.25) is 11.2 Å². The first kappa shape index (κ1) is 14.0. The molecule has 1 aromatic heterocycles. The van der Waals surface area contributed by atoms with E-state index in [1.807, 2.05) is 6.92 Å². The van der Waals surface area contributed by atoms with E-state index in [-0.39, 0.29) is 11.3 Å². The van der Waals surface area contributed by atoms with E-state index < -0.39 is 0 Å². The van der Waals surface area contributed by atoms with Gasteiger partial charge >= 0.3 is 6.01 Å². The number of ether oxygens (including phenoxy) is 1. The normalized spacial score (nSPS) is 10.6. The minimum Gasteiger partial charge on any atom is -0.463 e. The van der Waals surface area contributed by atoms with Gasteiger partial charge in [0.05, 0.1) is 6.61 Å². The molecule has 5 nitrogen and oxygen atoms in total. The molecule has 96 valence electrons. The number of anilines is 1. The fourth-order valence-corrected chi connectivity index (χ4v) is 1.44.